The van der Waals surface area contributed by atoms with E-state index in [1.165, 1.54) is 20.3 Å². The normalized spacial score (nSPS) is 10.9. The van der Waals surface area contributed by atoms with Gasteiger partial charge < -0.3 is 18.9 Å². The summed E-state index contributed by atoms with van der Waals surface area (Å²) in [5.41, 5.74) is 0.189. The highest BCUT2D eigenvalue weighted by atomic mass is 16.6. The number of nitrogens with zero attached hydrogens (tertiary/aromatic N) is 1. The Labute approximate surface area is 134 Å². The number of carbonyl (C=O) groups excluding carboxylic acids is 2. The molecule has 7 nitrogen and oxygen atoms in total. The molecule has 0 aromatic heterocycles. The second kappa shape index (κ2) is 8.44. The molecular formula is C16H17NO6. The Bertz CT molecular complexity index is 672. The molecule has 7 heteroatoms. The van der Waals surface area contributed by atoms with E-state index in [9.17, 15) is 14.9 Å². The predicted octanol–water partition coefficient (Wildman–Crippen LogP) is 2.06. The van der Waals surface area contributed by atoms with Gasteiger partial charge in [-0.2, -0.15) is 5.26 Å². The van der Waals surface area contributed by atoms with Gasteiger partial charge in [-0.3, -0.25) is 4.79 Å². The fourth-order valence-electron chi connectivity index (χ4n) is 1.77. The van der Waals surface area contributed by atoms with Crippen molar-refractivity contribution in [1.29, 1.82) is 5.26 Å². The van der Waals surface area contributed by atoms with E-state index in [1.807, 2.05) is 6.07 Å². The minimum Gasteiger partial charge on any atom is -0.493 e. The molecule has 1 aromatic rings. The fourth-order valence-corrected chi connectivity index (χ4v) is 1.77. The molecule has 1 rings (SSSR count). The molecule has 0 spiro atoms. The summed E-state index contributed by atoms with van der Waals surface area (Å²) in [5, 5.41) is 9.39. The summed E-state index contributed by atoms with van der Waals surface area (Å²) in [5.74, 6) is -1.27. The van der Waals surface area contributed by atoms with Crippen molar-refractivity contribution in [3.63, 3.8) is 0 Å². The standard InChI is InChI=1S/C16H17NO6/c1-5-22-16(19)15(23-10(2)18)12(9-17)11-6-7-13(20-3)14(8-11)21-4/h6-8H,5H2,1-4H3. The van der Waals surface area contributed by atoms with Crippen molar-refractivity contribution in [1.82, 2.24) is 0 Å². The Hall–Kier alpha value is -3.01. The summed E-state index contributed by atoms with van der Waals surface area (Å²) >= 11 is 0. The maximum atomic E-state index is 12.0. The highest BCUT2D eigenvalue weighted by Crippen LogP contribution is 2.31. The van der Waals surface area contributed by atoms with Crippen molar-refractivity contribution in [2.75, 3.05) is 20.8 Å². The topological polar surface area (TPSA) is 94.9 Å². The van der Waals surface area contributed by atoms with Crippen LogP contribution in [0, 0.1) is 11.3 Å². The van der Waals surface area contributed by atoms with Crippen molar-refractivity contribution in [3.8, 4) is 17.6 Å². The van der Waals surface area contributed by atoms with Crippen LogP contribution >= 0.6 is 0 Å². The van der Waals surface area contributed by atoms with E-state index in [0.717, 1.165) is 6.92 Å². The minimum atomic E-state index is -0.894. The van der Waals surface area contributed by atoms with Gasteiger partial charge in [0.05, 0.1) is 20.8 Å². The predicted molar refractivity (Wildman–Crippen MR) is 80.5 cm³/mol. The third kappa shape index (κ3) is 4.48. The third-order valence-corrected chi connectivity index (χ3v) is 2.72. The number of ether oxygens (including phenoxy) is 4. The monoisotopic (exact) mass is 319 g/mol. The van der Waals surface area contributed by atoms with E-state index in [0.29, 0.717) is 17.1 Å². The summed E-state index contributed by atoms with van der Waals surface area (Å²) in [6.45, 7) is 2.81. The Kier molecular flexibility index (Phi) is 6.62. The average molecular weight is 319 g/mol. The van der Waals surface area contributed by atoms with Gasteiger partial charge in [-0.05, 0) is 25.1 Å². The van der Waals surface area contributed by atoms with Crippen LogP contribution in [-0.2, 0) is 19.1 Å². The second-order valence-electron chi connectivity index (χ2n) is 4.20. The largest absolute Gasteiger partial charge is 0.493 e. The molecule has 0 fully saturated rings. The number of hydrogen-bond donors (Lipinski definition) is 0. The molecule has 0 aliphatic rings. The zero-order valence-electron chi connectivity index (χ0n) is 13.3. The number of methoxy groups -OCH3 is 2. The van der Waals surface area contributed by atoms with Gasteiger partial charge in [0.1, 0.15) is 11.6 Å². The van der Waals surface area contributed by atoms with Gasteiger partial charge in [-0.1, -0.05) is 0 Å². The SMILES string of the molecule is CCOC(=O)C(OC(C)=O)=C(C#N)c1ccc(OC)c(OC)c1. The second-order valence-corrected chi connectivity index (χ2v) is 4.20. The summed E-state index contributed by atoms with van der Waals surface area (Å²) in [4.78, 5) is 23.2. The van der Waals surface area contributed by atoms with E-state index < -0.39 is 17.7 Å². The molecule has 0 bridgehead atoms. The first-order chi connectivity index (χ1) is 11.0. The molecule has 0 unspecified atom stereocenters. The number of allylic oxidation sites excluding steroid dienone is 1. The molecule has 0 aliphatic carbocycles. The van der Waals surface area contributed by atoms with Crippen molar-refractivity contribution < 1.29 is 28.5 Å². The lowest BCUT2D eigenvalue weighted by Crippen LogP contribution is -2.15. The maximum Gasteiger partial charge on any atom is 0.375 e. The first-order valence-electron chi connectivity index (χ1n) is 6.70. The molecule has 0 saturated carbocycles. The number of hydrogen-bond acceptors (Lipinski definition) is 7. The van der Waals surface area contributed by atoms with Crippen LogP contribution in [0.5, 0.6) is 11.5 Å². The molecule has 0 radical (unpaired) electrons. The minimum absolute atomic E-state index is 0.0776. The van der Waals surface area contributed by atoms with Gasteiger partial charge in [0.25, 0.3) is 0 Å². The van der Waals surface area contributed by atoms with Crippen LogP contribution in [0.4, 0.5) is 0 Å². The molecule has 23 heavy (non-hydrogen) atoms. The van der Waals surface area contributed by atoms with Crippen LogP contribution in [0.3, 0.4) is 0 Å². The van der Waals surface area contributed by atoms with E-state index >= 15 is 0 Å². The summed E-state index contributed by atoms with van der Waals surface area (Å²) < 4.78 is 20.0. The average Bonchev–Trinajstić information content (AvgIpc) is 2.54. The van der Waals surface area contributed by atoms with E-state index in [1.54, 1.807) is 19.1 Å². The van der Waals surface area contributed by atoms with Crippen molar-refractivity contribution in [3.05, 3.63) is 29.5 Å². The van der Waals surface area contributed by atoms with Crippen LogP contribution in [0.25, 0.3) is 5.57 Å². The van der Waals surface area contributed by atoms with Crippen molar-refractivity contribution in [2.24, 2.45) is 0 Å². The van der Waals surface area contributed by atoms with Crippen molar-refractivity contribution in [2.45, 2.75) is 13.8 Å². The fraction of sp³-hybridized carbons (Fsp3) is 0.312. The molecular weight excluding hydrogens is 302 g/mol. The number of esters is 2. The van der Waals surface area contributed by atoms with Crippen LogP contribution in [0.2, 0.25) is 0 Å². The van der Waals surface area contributed by atoms with Crippen LogP contribution in [0.15, 0.2) is 24.0 Å². The van der Waals surface area contributed by atoms with E-state index in [4.69, 9.17) is 18.9 Å². The molecule has 0 atom stereocenters. The lowest BCUT2D eigenvalue weighted by atomic mass is 10.0. The zero-order chi connectivity index (χ0) is 17.4. The molecule has 122 valence electrons. The van der Waals surface area contributed by atoms with Gasteiger partial charge in [0, 0.05) is 12.5 Å². The number of nitriles is 1. The van der Waals surface area contributed by atoms with Crippen LogP contribution in [-0.4, -0.2) is 32.8 Å². The Balaban J connectivity index is 3.48. The molecule has 0 amide bonds. The zero-order valence-corrected chi connectivity index (χ0v) is 13.3. The van der Waals surface area contributed by atoms with Gasteiger partial charge in [-0.25, -0.2) is 4.79 Å². The first-order valence-corrected chi connectivity index (χ1v) is 6.70. The number of rotatable bonds is 6. The summed E-state index contributed by atoms with van der Waals surface area (Å²) in [7, 11) is 2.91. The van der Waals surface area contributed by atoms with Gasteiger partial charge in [0.15, 0.2) is 11.5 Å². The highest BCUT2D eigenvalue weighted by molar-refractivity contribution is 6.01. The molecule has 0 saturated heterocycles. The van der Waals surface area contributed by atoms with Gasteiger partial charge in [-0.15, -0.1) is 0 Å². The first kappa shape index (κ1) is 18.0. The Morgan fingerprint density at radius 1 is 1.17 bits per heavy atom. The quantitative estimate of drug-likeness (QED) is 0.343. The maximum absolute atomic E-state index is 12.0. The van der Waals surface area contributed by atoms with Gasteiger partial charge >= 0.3 is 11.9 Å². The molecule has 1 aromatic carbocycles. The lowest BCUT2D eigenvalue weighted by Gasteiger charge is -2.12. The van der Waals surface area contributed by atoms with Crippen LogP contribution in [0.1, 0.15) is 19.4 Å². The third-order valence-electron chi connectivity index (χ3n) is 2.72. The van der Waals surface area contributed by atoms with Gasteiger partial charge in [0.2, 0.25) is 5.76 Å². The molecule has 0 aliphatic heterocycles. The Morgan fingerprint density at radius 3 is 2.30 bits per heavy atom. The van der Waals surface area contributed by atoms with Crippen molar-refractivity contribution >= 4 is 17.5 Å². The van der Waals surface area contributed by atoms with E-state index in [-0.39, 0.29) is 12.2 Å². The number of benzene rings is 1. The smallest absolute Gasteiger partial charge is 0.375 e. The Morgan fingerprint density at radius 2 is 1.83 bits per heavy atom. The van der Waals surface area contributed by atoms with Crippen LogP contribution < -0.4 is 9.47 Å². The molecule has 0 N–H and O–H groups in total. The van der Waals surface area contributed by atoms with E-state index in [2.05, 4.69) is 0 Å². The molecule has 0 heterocycles. The number of carbonyl (C=O) groups is 2. The highest BCUT2D eigenvalue weighted by Gasteiger charge is 2.23. The lowest BCUT2D eigenvalue weighted by molar-refractivity contribution is -0.149. The summed E-state index contributed by atoms with van der Waals surface area (Å²) in [6, 6.07) is 6.47. The summed E-state index contributed by atoms with van der Waals surface area (Å²) in [6.07, 6.45) is 0.